The van der Waals surface area contributed by atoms with Crippen LogP contribution in [0.1, 0.15) is 5.82 Å². The molecule has 2 N–H and O–H groups in total. The van der Waals surface area contributed by atoms with Crippen molar-refractivity contribution in [3.8, 4) is 11.4 Å². The van der Waals surface area contributed by atoms with E-state index in [4.69, 9.17) is 5.73 Å². The van der Waals surface area contributed by atoms with Crippen molar-refractivity contribution < 1.29 is 4.39 Å². The second-order valence-corrected chi connectivity index (χ2v) is 3.52. The Bertz CT molecular complexity index is 475. The average molecular weight is 220 g/mol. The topological polar surface area (TPSA) is 56.7 Å². The molecular formula is C11H13FN4. The van der Waals surface area contributed by atoms with Gasteiger partial charge in [-0.2, -0.15) is 5.10 Å². The van der Waals surface area contributed by atoms with Gasteiger partial charge in [0.05, 0.1) is 0 Å². The highest BCUT2D eigenvalue weighted by molar-refractivity contribution is 5.54. The van der Waals surface area contributed by atoms with E-state index in [0.717, 1.165) is 11.4 Å². The van der Waals surface area contributed by atoms with E-state index in [0.29, 0.717) is 18.8 Å². The standard InChI is InChI=1S/C11H13FN4/c1-16-11(14-10(15-16)6-7-13)8-2-4-9(12)5-3-8/h2-5H,6-7,13H2,1H3. The summed E-state index contributed by atoms with van der Waals surface area (Å²) in [7, 11) is 1.81. The van der Waals surface area contributed by atoms with Crippen LogP contribution in [0.4, 0.5) is 4.39 Å². The molecule has 0 bridgehead atoms. The van der Waals surface area contributed by atoms with Crippen LogP contribution in [0.3, 0.4) is 0 Å². The van der Waals surface area contributed by atoms with E-state index in [1.807, 2.05) is 7.05 Å². The predicted molar refractivity (Wildman–Crippen MR) is 59.2 cm³/mol. The summed E-state index contributed by atoms with van der Waals surface area (Å²) in [6.07, 6.45) is 0.648. The first kappa shape index (κ1) is 10.8. The molecule has 0 amide bonds. The zero-order valence-electron chi connectivity index (χ0n) is 9.02. The lowest BCUT2D eigenvalue weighted by Gasteiger charge is -1.98. The number of hydrogen-bond donors (Lipinski definition) is 1. The van der Waals surface area contributed by atoms with Gasteiger partial charge < -0.3 is 5.73 Å². The van der Waals surface area contributed by atoms with Crippen molar-refractivity contribution in [1.82, 2.24) is 14.8 Å². The van der Waals surface area contributed by atoms with Gasteiger partial charge in [0.15, 0.2) is 11.6 Å². The van der Waals surface area contributed by atoms with Gasteiger partial charge in [0.1, 0.15) is 5.82 Å². The average Bonchev–Trinajstić information content (AvgIpc) is 2.61. The van der Waals surface area contributed by atoms with Crippen LogP contribution in [0.5, 0.6) is 0 Å². The third kappa shape index (κ3) is 2.09. The Morgan fingerprint density at radius 1 is 1.31 bits per heavy atom. The second-order valence-electron chi connectivity index (χ2n) is 3.52. The van der Waals surface area contributed by atoms with E-state index in [9.17, 15) is 4.39 Å². The quantitative estimate of drug-likeness (QED) is 0.843. The maximum absolute atomic E-state index is 12.8. The zero-order chi connectivity index (χ0) is 11.5. The molecule has 0 aliphatic heterocycles. The molecule has 5 heteroatoms. The van der Waals surface area contributed by atoms with Gasteiger partial charge >= 0.3 is 0 Å². The molecule has 0 saturated heterocycles. The van der Waals surface area contributed by atoms with E-state index in [1.165, 1.54) is 12.1 Å². The van der Waals surface area contributed by atoms with Gasteiger partial charge in [0, 0.05) is 19.0 Å². The summed E-state index contributed by atoms with van der Waals surface area (Å²) in [5.74, 6) is 1.18. The van der Waals surface area contributed by atoms with Crippen LogP contribution < -0.4 is 5.73 Å². The van der Waals surface area contributed by atoms with E-state index in [-0.39, 0.29) is 5.82 Å². The second kappa shape index (κ2) is 4.40. The molecule has 0 spiro atoms. The molecule has 2 rings (SSSR count). The molecule has 16 heavy (non-hydrogen) atoms. The summed E-state index contributed by atoms with van der Waals surface area (Å²) in [5, 5.41) is 4.23. The fraction of sp³-hybridized carbons (Fsp3) is 0.273. The fourth-order valence-corrected chi connectivity index (χ4v) is 1.52. The van der Waals surface area contributed by atoms with Crippen LogP contribution in [-0.2, 0) is 13.5 Å². The van der Waals surface area contributed by atoms with Gasteiger partial charge in [-0.05, 0) is 30.8 Å². The molecule has 0 atom stereocenters. The number of nitrogens with two attached hydrogens (primary N) is 1. The van der Waals surface area contributed by atoms with Crippen molar-refractivity contribution in [2.45, 2.75) is 6.42 Å². The Labute approximate surface area is 92.9 Å². The first-order chi connectivity index (χ1) is 7.70. The van der Waals surface area contributed by atoms with Crippen LogP contribution in [0.25, 0.3) is 11.4 Å². The van der Waals surface area contributed by atoms with E-state index < -0.39 is 0 Å². The van der Waals surface area contributed by atoms with Crippen LogP contribution in [0, 0.1) is 5.82 Å². The summed E-state index contributed by atoms with van der Waals surface area (Å²) in [5.41, 5.74) is 6.29. The number of aryl methyl sites for hydroxylation is 1. The lowest BCUT2D eigenvalue weighted by Crippen LogP contribution is -2.04. The van der Waals surface area contributed by atoms with Gasteiger partial charge in [0.25, 0.3) is 0 Å². The smallest absolute Gasteiger partial charge is 0.158 e. The summed E-state index contributed by atoms with van der Waals surface area (Å²) in [6.45, 7) is 0.521. The molecule has 84 valence electrons. The number of rotatable bonds is 3. The Hall–Kier alpha value is -1.75. The number of hydrogen-bond acceptors (Lipinski definition) is 3. The highest BCUT2D eigenvalue weighted by atomic mass is 19.1. The molecule has 0 saturated carbocycles. The number of benzene rings is 1. The Morgan fingerprint density at radius 3 is 2.62 bits per heavy atom. The molecule has 1 aromatic heterocycles. The Morgan fingerprint density at radius 2 is 2.00 bits per heavy atom. The molecule has 2 aromatic rings. The van der Waals surface area contributed by atoms with Crippen molar-refractivity contribution in [1.29, 1.82) is 0 Å². The summed E-state index contributed by atoms with van der Waals surface area (Å²) < 4.78 is 14.4. The third-order valence-electron chi connectivity index (χ3n) is 2.28. The third-order valence-corrected chi connectivity index (χ3v) is 2.28. The maximum Gasteiger partial charge on any atom is 0.158 e. The lowest BCUT2D eigenvalue weighted by atomic mass is 10.2. The maximum atomic E-state index is 12.8. The van der Waals surface area contributed by atoms with Crippen LogP contribution in [0.2, 0.25) is 0 Å². The normalized spacial score (nSPS) is 10.7. The monoisotopic (exact) mass is 220 g/mol. The molecule has 0 aliphatic carbocycles. The molecule has 1 aromatic carbocycles. The summed E-state index contributed by atoms with van der Waals surface area (Å²) in [4.78, 5) is 4.35. The van der Waals surface area contributed by atoms with Crippen LogP contribution in [-0.4, -0.2) is 21.3 Å². The van der Waals surface area contributed by atoms with Crippen LogP contribution in [0.15, 0.2) is 24.3 Å². The Balaban J connectivity index is 2.36. The van der Waals surface area contributed by atoms with Gasteiger partial charge in [0.2, 0.25) is 0 Å². The molecule has 0 aliphatic rings. The largest absolute Gasteiger partial charge is 0.330 e. The highest BCUT2D eigenvalue weighted by Crippen LogP contribution is 2.16. The minimum Gasteiger partial charge on any atom is -0.330 e. The fourth-order valence-electron chi connectivity index (χ4n) is 1.52. The number of aromatic nitrogens is 3. The SMILES string of the molecule is Cn1nc(CCN)nc1-c1ccc(F)cc1. The van der Waals surface area contributed by atoms with Gasteiger partial charge in [-0.3, -0.25) is 0 Å². The Kier molecular flexibility index (Phi) is 2.96. The molecule has 0 fully saturated rings. The first-order valence-corrected chi connectivity index (χ1v) is 5.06. The highest BCUT2D eigenvalue weighted by Gasteiger charge is 2.08. The van der Waals surface area contributed by atoms with Crippen LogP contribution >= 0.6 is 0 Å². The minimum atomic E-state index is -0.256. The van der Waals surface area contributed by atoms with Crippen molar-refractivity contribution in [3.63, 3.8) is 0 Å². The molecule has 0 unspecified atom stereocenters. The van der Waals surface area contributed by atoms with Gasteiger partial charge in [-0.1, -0.05) is 0 Å². The molecule has 1 heterocycles. The van der Waals surface area contributed by atoms with E-state index in [1.54, 1.807) is 16.8 Å². The van der Waals surface area contributed by atoms with E-state index >= 15 is 0 Å². The summed E-state index contributed by atoms with van der Waals surface area (Å²) in [6, 6.07) is 6.19. The predicted octanol–water partition coefficient (Wildman–Crippen LogP) is 1.12. The van der Waals surface area contributed by atoms with E-state index in [2.05, 4.69) is 10.1 Å². The number of halogens is 1. The van der Waals surface area contributed by atoms with Gasteiger partial charge in [-0.15, -0.1) is 0 Å². The first-order valence-electron chi connectivity index (χ1n) is 5.06. The van der Waals surface area contributed by atoms with Crippen molar-refractivity contribution in [3.05, 3.63) is 35.9 Å². The van der Waals surface area contributed by atoms with Crippen molar-refractivity contribution in [2.24, 2.45) is 12.8 Å². The number of nitrogens with zero attached hydrogens (tertiary/aromatic N) is 3. The molecule has 0 radical (unpaired) electrons. The molecular weight excluding hydrogens is 207 g/mol. The van der Waals surface area contributed by atoms with Gasteiger partial charge in [-0.25, -0.2) is 14.1 Å². The lowest BCUT2D eigenvalue weighted by molar-refractivity contribution is 0.628. The zero-order valence-corrected chi connectivity index (χ0v) is 9.02. The summed E-state index contributed by atoms with van der Waals surface area (Å²) >= 11 is 0. The van der Waals surface area contributed by atoms with Crippen molar-refractivity contribution in [2.75, 3.05) is 6.54 Å². The van der Waals surface area contributed by atoms with Crippen molar-refractivity contribution >= 4 is 0 Å². The minimum absolute atomic E-state index is 0.256. The molecule has 4 nitrogen and oxygen atoms in total.